The van der Waals surface area contributed by atoms with Gasteiger partial charge in [-0.2, -0.15) is 0 Å². The highest BCUT2D eigenvalue weighted by atomic mass is 16.2. The third-order valence-electron chi connectivity index (χ3n) is 4.03. The average molecular weight is 288 g/mol. The number of amides is 2. The lowest BCUT2D eigenvalue weighted by molar-refractivity contribution is -0.140. The summed E-state index contributed by atoms with van der Waals surface area (Å²) in [6.07, 6.45) is 3.19. The molecule has 21 heavy (non-hydrogen) atoms. The molecule has 1 heterocycles. The first-order valence-electron chi connectivity index (χ1n) is 7.61. The van der Waals surface area contributed by atoms with E-state index in [4.69, 9.17) is 0 Å². The molecule has 1 aliphatic rings. The van der Waals surface area contributed by atoms with E-state index in [2.05, 4.69) is 0 Å². The SMILES string of the molecule is CN(C)C(=O)CC1CCCCN(Cc2ccccc2)C1=O. The van der Waals surface area contributed by atoms with Gasteiger partial charge in [0.2, 0.25) is 11.8 Å². The Bertz CT molecular complexity index is 485. The summed E-state index contributed by atoms with van der Waals surface area (Å²) in [5.74, 6) is 0.00702. The molecule has 1 aromatic rings. The van der Waals surface area contributed by atoms with Crippen LogP contribution in [0.1, 0.15) is 31.2 Å². The van der Waals surface area contributed by atoms with E-state index in [9.17, 15) is 9.59 Å². The standard InChI is InChI=1S/C17H24N2O2/c1-18(2)16(20)12-15-10-6-7-11-19(17(15)21)13-14-8-4-3-5-9-14/h3-5,8-9,15H,6-7,10-13H2,1-2H3. The van der Waals surface area contributed by atoms with Crippen LogP contribution in [0.3, 0.4) is 0 Å². The maximum absolute atomic E-state index is 12.7. The Labute approximate surface area is 126 Å². The Morgan fingerprint density at radius 2 is 1.95 bits per heavy atom. The molecule has 1 aromatic carbocycles. The van der Waals surface area contributed by atoms with Crippen LogP contribution in [0.4, 0.5) is 0 Å². The van der Waals surface area contributed by atoms with Gasteiger partial charge in [0.1, 0.15) is 0 Å². The maximum Gasteiger partial charge on any atom is 0.226 e. The summed E-state index contributed by atoms with van der Waals surface area (Å²) in [5, 5.41) is 0. The van der Waals surface area contributed by atoms with Crippen molar-refractivity contribution >= 4 is 11.8 Å². The van der Waals surface area contributed by atoms with Gasteiger partial charge in [-0.15, -0.1) is 0 Å². The monoisotopic (exact) mass is 288 g/mol. The first-order chi connectivity index (χ1) is 10.1. The van der Waals surface area contributed by atoms with Crippen molar-refractivity contribution in [3.63, 3.8) is 0 Å². The molecular formula is C17H24N2O2. The van der Waals surface area contributed by atoms with Crippen molar-refractivity contribution < 1.29 is 9.59 Å². The summed E-state index contributed by atoms with van der Waals surface area (Å²) in [6.45, 7) is 1.44. The van der Waals surface area contributed by atoms with Crippen LogP contribution in [-0.2, 0) is 16.1 Å². The minimum absolute atomic E-state index is 0.0370. The fourth-order valence-electron chi connectivity index (χ4n) is 2.73. The van der Waals surface area contributed by atoms with Gasteiger partial charge in [0.05, 0.1) is 0 Å². The lowest BCUT2D eigenvalue weighted by Crippen LogP contribution is -2.36. The highest BCUT2D eigenvalue weighted by Gasteiger charge is 2.29. The van der Waals surface area contributed by atoms with Crippen LogP contribution < -0.4 is 0 Å². The van der Waals surface area contributed by atoms with E-state index in [1.165, 1.54) is 0 Å². The summed E-state index contributed by atoms with van der Waals surface area (Å²) in [7, 11) is 3.48. The summed E-state index contributed by atoms with van der Waals surface area (Å²) in [6, 6.07) is 10.0. The van der Waals surface area contributed by atoms with Crippen LogP contribution in [0.5, 0.6) is 0 Å². The Morgan fingerprint density at radius 3 is 2.62 bits per heavy atom. The van der Waals surface area contributed by atoms with Gasteiger partial charge in [-0.3, -0.25) is 9.59 Å². The number of nitrogens with zero attached hydrogens (tertiary/aromatic N) is 2. The summed E-state index contributed by atoms with van der Waals surface area (Å²) < 4.78 is 0. The highest BCUT2D eigenvalue weighted by molar-refractivity contribution is 5.85. The largest absolute Gasteiger partial charge is 0.349 e. The zero-order valence-corrected chi connectivity index (χ0v) is 12.9. The molecule has 1 unspecified atom stereocenters. The van der Waals surface area contributed by atoms with Crippen molar-refractivity contribution in [1.82, 2.24) is 9.80 Å². The molecule has 114 valence electrons. The first-order valence-corrected chi connectivity index (χ1v) is 7.61. The van der Waals surface area contributed by atoms with Crippen LogP contribution in [0.2, 0.25) is 0 Å². The minimum Gasteiger partial charge on any atom is -0.349 e. The topological polar surface area (TPSA) is 40.6 Å². The molecule has 0 saturated carbocycles. The third-order valence-corrected chi connectivity index (χ3v) is 4.03. The number of carbonyl (C=O) groups is 2. The zero-order valence-electron chi connectivity index (χ0n) is 12.9. The molecule has 2 rings (SSSR count). The lowest BCUT2D eigenvalue weighted by atomic mass is 9.98. The molecule has 1 aliphatic heterocycles. The molecule has 0 aliphatic carbocycles. The molecule has 0 aromatic heterocycles. The second-order valence-electron chi connectivity index (χ2n) is 5.93. The van der Waals surface area contributed by atoms with Gasteiger partial charge in [0.15, 0.2) is 0 Å². The average Bonchev–Trinajstić information content (AvgIpc) is 2.64. The summed E-state index contributed by atoms with van der Waals surface area (Å²) in [5.41, 5.74) is 1.14. The van der Waals surface area contributed by atoms with E-state index in [-0.39, 0.29) is 17.7 Å². The fourth-order valence-corrected chi connectivity index (χ4v) is 2.73. The Morgan fingerprint density at radius 1 is 1.24 bits per heavy atom. The number of likely N-dealkylation sites (tertiary alicyclic amines) is 1. The quantitative estimate of drug-likeness (QED) is 0.853. The van der Waals surface area contributed by atoms with Crippen LogP contribution in [0, 0.1) is 5.92 Å². The molecule has 1 fully saturated rings. The van der Waals surface area contributed by atoms with E-state index in [1.807, 2.05) is 35.2 Å². The molecule has 2 amide bonds. The van der Waals surface area contributed by atoms with Gasteiger partial charge in [-0.25, -0.2) is 0 Å². The van der Waals surface area contributed by atoms with E-state index in [0.29, 0.717) is 13.0 Å². The third kappa shape index (κ3) is 4.31. The van der Waals surface area contributed by atoms with Crippen molar-refractivity contribution in [2.45, 2.75) is 32.2 Å². The number of carbonyl (C=O) groups excluding carboxylic acids is 2. The molecule has 4 heteroatoms. The lowest BCUT2D eigenvalue weighted by Gasteiger charge is -2.25. The van der Waals surface area contributed by atoms with Gasteiger partial charge >= 0.3 is 0 Å². The molecule has 0 radical (unpaired) electrons. The number of hydrogen-bond donors (Lipinski definition) is 0. The Kier molecular flexibility index (Phi) is 5.37. The summed E-state index contributed by atoms with van der Waals surface area (Å²) in [4.78, 5) is 28.0. The Balaban J connectivity index is 2.04. The Hall–Kier alpha value is -1.84. The van der Waals surface area contributed by atoms with Crippen LogP contribution >= 0.6 is 0 Å². The normalized spacial score (nSPS) is 19.2. The van der Waals surface area contributed by atoms with Crippen molar-refractivity contribution in [3.8, 4) is 0 Å². The molecule has 4 nitrogen and oxygen atoms in total. The van der Waals surface area contributed by atoms with Crippen LogP contribution in [0.25, 0.3) is 0 Å². The smallest absolute Gasteiger partial charge is 0.226 e. The van der Waals surface area contributed by atoms with Crippen LogP contribution in [-0.4, -0.2) is 42.3 Å². The predicted octanol–water partition coefficient (Wildman–Crippen LogP) is 2.29. The second-order valence-corrected chi connectivity index (χ2v) is 5.93. The number of benzene rings is 1. The number of rotatable bonds is 4. The maximum atomic E-state index is 12.7. The molecule has 0 bridgehead atoms. The van der Waals surface area contributed by atoms with E-state index < -0.39 is 0 Å². The van der Waals surface area contributed by atoms with E-state index in [1.54, 1.807) is 19.0 Å². The van der Waals surface area contributed by atoms with Gasteiger partial charge in [0.25, 0.3) is 0 Å². The molecular weight excluding hydrogens is 264 g/mol. The zero-order chi connectivity index (χ0) is 15.2. The highest BCUT2D eigenvalue weighted by Crippen LogP contribution is 2.23. The fraction of sp³-hybridized carbons (Fsp3) is 0.529. The van der Waals surface area contributed by atoms with Crippen molar-refractivity contribution in [2.24, 2.45) is 5.92 Å². The molecule has 1 atom stereocenters. The van der Waals surface area contributed by atoms with Gasteiger partial charge < -0.3 is 9.80 Å². The second kappa shape index (κ2) is 7.25. The number of hydrogen-bond acceptors (Lipinski definition) is 2. The van der Waals surface area contributed by atoms with Crippen molar-refractivity contribution in [3.05, 3.63) is 35.9 Å². The van der Waals surface area contributed by atoms with Gasteiger partial charge in [0, 0.05) is 39.5 Å². The van der Waals surface area contributed by atoms with Gasteiger partial charge in [-0.05, 0) is 18.4 Å². The molecule has 0 spiro atoms. The molecule has 1 saturated heterocycles. The summed E-state index contributed by atoms with van der Waals surface area (Å²) >= 11 is 0. The van der Waals surface area contributed by atoms with Crippen molar-refractivity contribution in [1.29, 1.82) is 0 Å². The predicted molar refractivity (Wildman–Crippen MR) is 82.5 cm³/mol. The van der Waals surface area contributed by atoms with Crippen molar-refractivity contribution in [2.75, 3.05) is 20.6 Å². The van der Waals surface area contributed by atoms with Gasteiger partial charge in [-0.1, -0.05) is 36.8 Å². The van der Waals surface area contributed by atoms with E-state index in [0.717, 1.165) is 31.4 Å². The molecule has 0 N–H and O–H groups in total. The first kappa shape index (κ1) is 15.5. The van der Waals surface area contributed by atoms with E-state index >= 15 is 0 Å². The van der Waals surface area contributed by atoms with Crippen LogP contribution in [0.15, 0.2) is 30.3 Å². The minimum atomic E-state index is -0.161.